The van der Waals surface area contributed by atoms with Crippen LogP contribution in [0.5, 0.6) is 0 Å². The number of aryl methyl sites for hydroxylation is 1. The van der Waals surface area contributed by atoms with Gasteiger partial charge in [-0.05, 0) is 36.8 Å². The summed E-state index contributed by atoms with van der Waals surface area (Å²) in [6.07, 6.45) is -0.431. The predicted octanol–water partition coefficient (Wildman–Crippen LogP) is 2.48. The first kappa shape index (κ1) is 18.0. The van der Waals surface area contributed by atoms with Crippen molar-refractivity contribution in [2.24, 2.45) is 0 Å². The van der Waals surface area contributed by atoms with Gasteiger partial charge in [-0.15, -0.1) is 0 Å². The van der Waals surface area contributed by atoms with Crippen molar-refractivity contribution in [3.63, 3.8) is 0 Å². The van der Waals surface area contributed by atoms with Crippen LogP contribution in [0, 0.1) is 6.92 Å². The third kappa shape index (κ3) is 3.61. The van der Waals surface area contributed by atoms with Crippen LogP contribution in [0.4, 0.5) is 4.39 Å². The summed E-state index contributed by atoms with van der Waals surface area (Å²) in [6.45, 7) is 1.96. The zero-order valence-electron chi connectivity index (χ0n) is 13.8. The minimum atomic E-state index is -3.72. The zero-order chi connectivity index (χ0) is 18.4. The summed E-state index contributed by atoms with van der Waals surface area (Å²) >= 11 is 0. The molecule has 3 rings (SSSR count). The van der Waals surface area contributed by atoms with Crippen LogP contribution in [0.3, 0.4) is 0 Å². The molecular weight excluding hydrogens is 365 g/mol. The first-order valence-electron chi connectivity index (χ1n) is 7.63. The molecule has 1 heterocycles. The van der Waals surface area contributed by atoms with Gasteiger partial charge in [-0.1, -0.05) is 29.8 Å². The molecule has 0 N–H and O–H groups in total. The Balaban J connectivity index is 1.77. The van der Waals surface area contributed by atoms with Crippen LogP contribution in [-0.2, 0) is 19.9 Å². The topological polar surface area (TPSA) is 71.3 Å². The van der Waals surface area contributed by atoms with Gasteiger partial charge in [0.15, 0.2) is 9.84 Å². The molecule has 0 amide bonds. The van der Waals surface area contributed by atoms with Crippen molar-refractivity contribution in [3.8, 4) is 0 Å². The normalized spacial score (nSPS) is 21.7. The summed E-state index contributed by atoms with van der Waals surface area (Å²) in [5.74, 6) is 0. The summed E-state index contributed by atoms with van der Waals surface area (Å²) in [5.41, 5.74) is 1.20. The highest BCUT2D eigenvalue weighted by Gasteiger charge is 2.49. The fraction of sp³-hybridized carbons (Fsp3) is 0.294. The third-order valence-electron chi connectivity index (χ3n) is 4.20. The van der Waals surface area contributed by atoms with Gasteiger partial charge in [0.25, 0.3) is 0 Å². The molecule has 0 radical (unpaired) electrons. The quantitative estimate of drug-likeness (QED) is 0.744. The lowest BCUT2D eigenvalue weighted by molar-refractivity contribution is 0.321. The van der Waals surface area contributed by atoms with Crippen LogP contribution in [0.15, 0.2) is 58.3 Å². The van der Waals surface area contributed by atoms with Crippen LogP contribution < -0.4 is 0 Å². The molecule has 0 saturated carbocycles. The van der Waals surface area contributed by atoms with Crippen LogP contribution in [0.25, 0.3) is 0 Å². The van der Waals surface area contributed by atoms with Crippen LogP contribution >= 0.6 is 0 Å². The summed E-state index contributed by atoms with van der Waals surface area (Å²) in [5, 5.41) is 0. The molecule has 5 nitrogen and oxygen atoms in total. The standard InChI is InChI=1S/C17H18FNO4S2/c1-12-3-7-15(8-4-12)25(22,23)19-11-16(19)17(18)13-5-9-14(10-6-13)24(2,20)21/h3-10,16-17H,11H2,1-2H3/t16-,17-,19?/m0/s1. The maximum absolute atomic E-state index is 14.7. The highest BCUT2D eigenvalue weighted by Crippen LogP contribution is 2.39. The molecule has 2 aromatic carbocycles. The van der Waals surface area contributed by atoms with Gasteiger partial charge in [0, 0.05) is 12.8 Å². The second-order valence-electron chi connectivity index (χ2n) is 6.20. The summed E-state index contributed by atoms with van der Waals surface area (Å²) in [7, 11) is -7.07. The molecule has 1 unspecified atom stereocenters. The molecule has 0 aromatic heterocycles. The number of halogens is 1. The average molecular weight is 383 g/mol. The SMILES string of the molecule is Cc1ccc(S(=O)(=O)N2C[C@H]2[C@@H](F)c2ccc(S(C)(=O)=O)cc2)cc1. The number of nitrogens with zero attached hydrogens (tertiary/aromatic N) is 1. The van der Waals surface area contributed by atoms with Crippen molar-refractivity contribution in [1.29, 1.82) is 0 Å². The number of sulfonamides is 1. The van der Waals surface area contributed by atoms with Crippen molar-refractivity contribution >= 4 is 19.9 Å². The molecule has 0 bridgehead atoms. The maximum Gasteiger partial charge on any atom is 0.243 e. The van der Waals surface area contributed by atoms with Crippen molar-refractivity contribution in [2.45, 2.75) is 28.9 Å². The summed E-state index contributed by atoms with van der Waals surface area (Å²) < 4.78 is 63.7. The van der Waals surface area contributed by atoms with Gasteiger partial charge in [0.2, 0.25) is 10.0 Å². The van der Waals surface area contributed by atoms with Crippen LogP contribution in [0.1, 0.15) is 17.3 Å². The lowest BCUT2D eigenvalue weighted by Crippen LogP contribution is -2.17. The molecule has 25 heavy (non-hydrogen) atoms. The van der Waals surface area contributed by atoms with Gasteiger partial charge in [-0.25, -0.2) is 21.2 Å². The van der Waals surface area contributed by atoms with Crippen LogP contribution in [0.2, 0.25) is 0 Å². The van der Waals surface area contributed by atoms with E-state index in [0.29, 0.717) is 0 Å². The number of rotatable bonds is 5. The largest absolute Gasteiger partial charge is 0.243 e. The monoisotopic (exact) mass is 383 g/mol. The Labute approximate surface area is 147 Å². The van der Waals surface area contributed by atoms with Crippen molar-refractivity contribution in [3.05, 3.63) is 59.7 Å². The number of hydrogen-bond donors (Lipinski definition) is 0. The van der Waals surface area contributed by atoms with Crippen LogP contribution in [-0.4, -0.2) is 40.0 Å². The Bertz CT molecular complexity index is 984. The lowest BCUT2D eigenvalue weighted by atomic mass is 10.1. The van der Waals surface area contributed by atoms with Gasteiger partial charge in [0.05, 0.1) is 15.8 Å². The van der Waals surface area contributed by atoms with Gasteiger partial charge < -0.3 is 0 Å². The second kappa shape index (κ2) is 6.19. The summed E-state index contributed by atoms with van der Waals surface area (Å²) in [6, 6.07) is 11.1. The molecule has 0 aliphatic carbocycles. The molecule has 1 saturated heterocycles. The van der Waals surface area contributed by atoms with E-state index >= 15 is 0 Å². The van der Waals surface area contributed by atoms with Crippen molar-refractivity contribution in [2.75, 3.05) is 12.8 Å². The highest BCUT2D eigenvalue weighted by atomic mass is 32.2. The van der Waals surface area contributed by atoms with Gasteiger partial charge >= 0.3 is 0 Å². The second-order valence-corrected chi connectivity index (χ2v) is 10.1. The number of alkyl halides is 1. The van der Waals surface area contributed by atoms with E-state index in [1.807, 2.05) is 6.92 Å². The molecule has 1 aliphatic heterocycles. The summed E-state index contributed by atoms with van der Waals surface area (Å²) in [4.78, 5) is 0.239. The number of hydrogen-bond acceptors (Lipinski definition) is 4. The molecular formula is C17H18FNO4S2. The minimum Gasteiger partial charge on any atom is -0.240 e. The molecule has 3 atom stereocenters. The Kier molecular flexibility index (Phi) is 4.47. The Morgan fingerprint density at radius 1 is 0.960 bits per heavy atom. The van der Waals surface area contributed by atoms with E-state index < -0.39 is 32.1 Å². The van der Waals surface area contributed by atoms with Gasteiger partial charge in [-0.2, -0.15) is 4.31 Å². The molecule has 134 valence electrons. The fourth-order valence-electron chi connectivity index (χ4n) is 2.62. The number of benzene rings is 2. The third-order valence-corrected chi connectivity index (χ3v) is 7.23. The van der Waals surface area contributed by atoms with Gasteiger partial charge in [-0.3, -0.25) is 0 Å². The Hall–Kier alpha value is -1.77. The van der Waals surface area contributed by atoms with E-state index in [4.69, 9.17) is 0 Å². The van der Waals surface area contributed by atoms with E-state index in [9.17, 15) is 21.2 Å². The zero-order valence-corrected chi connectivity index (χ0v) is 15.4. The minimum absolute atomic E-state index is 0.100. The lowest BCUT2D eigenvalue weighted by Gasteiger charge is -2.11. The highest BCUT2D eigenvalue weighted by molar-refractivity contribution is 7.90. The van der Waals surface area contributed by atoms with E-state index in [1.54, 1.807) is 12.1 Å². The fourth-order valence-corrected chi connectivity index (χ4v) is 4.81. The van der Waals surface area contributed by atoms with E-state index in [1.165, 1.54) is 36.4 Å². The molecule has 0 spiro atoms. The smallest absolute Gasteiger partial charge is 0.240 e. The Morgan fingerprint density at radius 2 is 1.48 bits per heavy atom. The molecule has 1 aliphatic rings. The molecule has 8 heteroatoms. The van der Waals surface area contributed by atoms with E-state index in [2.05, 4.69) is 0 Å². The predicted molar refractivity (Wildman–Crippen MR) is 92.3 cm³/mol. The molecule has 1 fully saturated rings. The first-order chi connectivity index (χ1) is 11.6. The first-order valence-corrected chi connectivity index (χ1v) is 11.0. The van der Waals surface area contributed by atoms with Crippen molar-refractivity contribution in [1.82, 2.24) is 4.31 Å². The number of sulfone groups is 1. The average Bonchev–Trinajstić information content (AvgIpc) is 3.35. The van der Waals surface area contributed by atoms with Gasteiger partial charge in [0.1, 0.15) is 6.17 Å². The molecule has 2 aromatic rings. The van der Waals surface area contributed by atoms with E-state index in [0.717, 1.165) is 16.1 Å². The van der Waals surface area contributed by atoms with Crippen molar-refractivity contribution < 1.29 is 21.2 Å². The van der Waals surface area contributed by atoms with E-state index in [-0.39, 0.29) is 21.9 Å². The maximum atomic E-state index is 14.7. The Morgan fingerprint density at radius 3 is 2.00 bits per heavy atom.